The van der Waals surface area contributed by atoms with Gasteiger partial charge in [-0.3, -0.25) is 67.3 Å². The number of amides is 11. The van der Waals surface area contributed by atoms with E-state index in [2.05, 4.69) is 31.9 Å². The van der Waals surface area contributed by atoms with Crippen LogP contribution in [0.2, 0.25) is 0 Å². The van der Waals surface area contributed by atoms with Crippen molar-refractivity contribution in [1.82, 2.24) is 56.4 Å². The number of ether oxygens (including phenoxy) is 4. The van der Waals surface area contributed by atoms with Crippen LogP contribution in [0, 0.1) is 29.6 Å². The number of imide groups is 1. The number of methoxy groups -OCH3 is 2. The molecular weight excluding hydrogens is 1280 g/mol. The third-order valence-electron chi connectivity index (χ3n) is 18.7. The maximum atomic E-state index is 14.9. The molecule has 0 saturated carbocycles. The van der Waals surface area contributed by atoms with Gasteiger partial charge >= 0.3 is 0 Å². The predicted molar refractivity (Wildman–Crippen MR) is 366 cm³/mol. The van der Waals surface area contributed by atoms with Crippen molar-refractivity contribution in [3.63, 3.8) is 0 Å². The molecule has 2 aromatic rings. The van der Waals surface area contributed by atoms with Crippen molar-refractivity contribution in [2.45, 2.75) is 155 Å². The standard InChI is InChI=1S/C71H107N11O17/c1-13-46(6)65(55(96-11)37-61(89)81-30-20-26-53(81)67(97-12)47(7)68(92)75-48(8)66(91)50-24-18-15-19-25-50)79(10)71(95)63(44(2)3)77-70(94)64(45(4)5)78(9)62(90)40-74-69(93)52(36-49-22-16-14-17-23-49)76-57(85)39-72-56(84)38-73-58(86)41-80-32-34-98-42-51(43-99-35-33-80)54(83)27-21-31-82-59(87)28-29-60(82)88/h14-19,22-25,28-29,44-48,51-53,55,63-67,91H,13,20-21,26-27,30-43H2,1-12H3,(H,72,84)(H,73,86)(H,74,93)(H,75,92)(H,76,85)(H,77,94)/t46-,47+,48+,52-,53+,55+,63-,64-,65-,66+,67+/m0/s1. The van der Waals surface area contributed by atoms with Crippen LogP contribution in [-0.2, 0) is 82.9 Å². The molecule has 548 valence electrons. The van der Waals surface area contributed by atoms with Gasteiger partial charge in [-0.2, -0.15) is 0 Å². The molecule has 99 heavy (non-hydrogen) atoms. The maximum Gasteiger partial charge on any atom is 0.253 e. The van der Waals surface area contributed by atoms with E-state index >= 15 is 0 Å². The third kappa shape index (κ3) is 24.7. The summed E-state index contributed by atoms with van der Waals surface area (Å²) >= 11 is 0. The molecule has 2 aromatic carbocycles. The van der Waals surface area contributed by atoms with E-state index in [9.17, 15) is 62.6 Å². The highest BCUT2D eigenvalue weighted by atomic mass is 16.5. The molecule has 2 fully saturated rings. The number of likely N-dealkylation sites (N-methyl/N-ethyl adjacent to an activating group) is 2. The summed E-state index contributed by atoms with van der Waals surface area (Å²) in [7, 11) is 6.03. The van der Waals surface area contributed by atoms with Gasteiger partial charge in [-0.05, 0) is 55.1 Å². The summed E-state index contributed by atoms with van der Waals surface area (Å²) in [6.45, 7) is 14.4. The van der Waals surface area contributed by atoms with Crippen molar-refractivity contribution < 1.29 is 81.6 Å². The first kappa shape index (κ1) is 81.7. The molecule has 3 aliphatic rings. The van der Waals surface area contributed by atoms with Crippen molar-refractivity contribution in [2.24, 2.45) is 29.6 Å². The molecule has 0 spiro atoms. The van der Waals surface area contributed by atoms with Gasteiger partial charge in [-0.25, -0.2) is 0 Å². The molecule has 28 heteroatoms. The molecule has 0 bridgehead atoms. The minimum Gasteiger partial charge on any atom is -0.386 e. The fourth-order valence-corrected chi connectivity index (χ4v) is 12.7. The van der Waals surface area contributed by atoms with Crippen molar-refractivity contribution >= 4 is 70.8 Å². The van der Waals surface area contributed by atoms with Crippen molar-refractivity contribution in [2.75, 3.05) is 107 Å². The van der Waals surface area contributed by atoms with Crippen LogP contribution in [0.25, 0.3) is 0 Å². The molecule has 3 heterocycles. The lowest BCUT2D eigenvalue weighted by Gasteiger charge is -2.41. The molecule has 7 N–H and O–H groups in total. The van der Waals surface area contributed by atoms with E-state index < -0.39 is 151 Å². The first-order valence-corrected chi connectivity index (χ1v) is 34.4. The molecule has 0 unspecified atom stereocenters. The van der Waals surface area contributed by atoms with Gasteiger partial charge in [0, 0.05) is 79.5 Å². The SMILES string of the molecule is CC[C@H](C)[C@@H]([C@@H](CC(=O)N1CCC[C@@H]1[C@H](OC)[C@@H](C)C(=O)N[C@H](C)[C@@H](O)c1ccccc1)OC)N(C)C(=O)[C@@H](NC(=O)[C@H](C(C)C)N(C)C(=O)CNC(=O)[C@H](Cc1ccccc1)NC(=O)CNC(=O)CNC(=O)CN1CCOCC(C(=O)CCCN2C(=O)C=CC2=O)COCC1)C(C)C. The number of aliphatic hydroxyl groups is 1. The first-order chi connectivity index (χ1) is 47.1. The second-order valence-corrected chi connectivity index (χ2v) is 26.6. The number of likely N-dealkylation sites (tertiary alicyclic amines) is 1. The molecule has 5 rings (SSSR count). The topological polar surface area (TPSA) is 350 Å². The van der Waals surface area contributed by atoms with Gasteiger partial charge in [0.25, 0.3) is 11.8 Å². The average molecular weight is 1390 g/mol. The zero-order valence-electron chi connectivity index (χ0n) is 59.7. The molecule has 2 saturated heterocycles. The van der Waals surface area contributed by atoms with Crippen LogP contribution in [0.1, 0.15) is 111 Å². The van der Waals surface area contributed by atoms with Crippen LogP contribution in [0.5, 0.6) is 0 Å². The molecule has 0 aliphatic carbocycles. The van der Waals surface area contributed by atoms with E-state index in [1.165, 1.54) is 43.2 Å². The van der Waals surface area contributed by atoms with E-state index in [4.69, 9.17) is 18.9 Å². The quantitative estimate of drug-likeness (QED) is 0.0466. The number of nitrogens with zero attached hydrogens (tertiary/aromatic N) is 5. The fourth-order valence-electron chi connectivity index (χ4n) is 12.7. The van der Waals surface area contributed by atoms with Crippen molar-refractivity contribution in [3.05, 3.63) is 83.9 Å². The smallest absolute Gasteiger partial charge is 0.253 e. The Kier molecular flexibility index (Phi) is 33.7. The number of aliphatic hydroxyl groups excluding tert-OH is 1. The summed E-state index contributed by atoms with van der Waals surface area (Å²) in [6.07, 6.45) is 2.14. The lowest BCUT2D eigenvalue weighted by atomic mass is 9.89. The highest BCUT2D eigenvalue weighted by molar-refractivity contribution is 6.12. The van der Waals surface area contributed by atoms with Gasteiger partial charge in [0.1, 0.15) is 23.9 Å². The minimum absolute atomic E-state index is 0.00365. The molecule has 0 aromatic heterocycles. The number of nitrogens with one attached hydrogen (secondary N) is 6. The Balaban J connectivity index is 1.12. The summed E-state index contributed by atoms with van der Waals surface area (Å²) in [5.74, 6) is -8.31. The van der Waals surface area contributed by atoms with Gasteiger partial charge in [0.15, 0.2) is 0 Å². The molecular formula is C71H107N11O17. The molecule has 11 amide bonds. The van der Waals surface area contributed by atoms with Gasteiger partial charge in [0.2, 0.25) is 53.2 Å². The van der Waals surface area contributed by atoms with E-state index in [0.717, 1.165) is 4.90 Å². The number of rotatable bonds is 37. The third-order valence-corrected chi connectivity index (χ3v) is 18.7. The number of ketones is 1. The average Bonchev–Trinajstić information content (AvgIpc) is 1.75. The lowest BCUT2D eigenvalue weighted by Crippen LogP contribution is -2.61. The van der Waals surface area contributed by atoms with Crippen LogP contribution < -0.4 is 31.9 Å². The van der Waals surface area contributed by atoms with E-state index in [1.54, 1.807) is 101 Å². The van der Waals surface area contributed by atoms with Crippen LogP contribution in [0.3, 0.4) is 0 Å². The Morgan fingerprint density at radius 3 is 1.88 bits per heavy atom. The highest BCUT2D eigenvalue weighted by Crippen LogP contribution is 2.30. The van der Waals surface area contributed by atoms with Crippen LogP contribution >= 0.6 is 0 Å². The zero-order chi connectivity index (χ0) is 73.0. The second kappa shape index (κ2) is 40.9. The molecule has 0 radical (unpaired) electrons. The van der Waals surface area contributed by atoms with E-state index in [-0.39, 0.29) is 82.3 Å². The van der Waals surface area contributed by atoms with Gasteiger partial charge in [-0.15, -0.1) is 0 Å². The molecule has 3 aliphatic heterocycles. The normalized spacial score (nSPS) is 18.6. The minimum atomic E-state index is -1.23. The summed E-state index contributed by atoms with van der Waals surface area (Å²) in [5.41, 5.74) is 1.33. The number of hydrogen-bond acceptors (Lipinski definition) is 18. The van der Waals surface area contributed by atoms with Crippen molar-refractivity contribution in [3.8, 4) is 0 Å². The van der Waals surface area contributed by atoms with E-state index in [1.807, 2.05) is 32.0 Å². The van der Waals surface area contributed by atoms with Gasteiger partial charge < -0.3 is 70.7 Å². The van der Waals surface area contributed by atoms with Crippen molar-refractivity contribution in [1.29, 1.82) is 0 Å². The Bertz CT molecular complexity index is 3040. The Morgan fingerprint density at radius 2 is 1.29 bits per heavy atom. The molecule has 11 atom stereocenters. The Labute approximate surface area is 582 Å². The number of hydrogen-bond donors (Lipinski definition) is 7. The number of benzene rings is 2. The van der Waals surface area contributed by atoms with Crippen LogP contribution in [0.4, 0.5) is 0 Å². The lowest BCUT2D eigenvalue weighted by molar-refractivity contribution is -0.148. The zero-order valence-corrected chi connectivity index (χ0v) is 59.7. The summed E-state index contributed by atoms with van der Waals surface area (Å²) in [6, 6.07) is 12.6. The molecule has 28 nitrogen and oxygen atoms in total. The summed E-state index contributed by atoms with van der Waals surface area (Å²) in [5, 5.41) is 27.0. The Morgan fingerprint density at radius 1 is 0.687 bits per heavy atom. The van der Waals surface area contributed by atoms with Gasteiger partial charge in [0.05, 0.1) is 107 Å². The predicted octanol–water partition coefficient (Wildman–Crippen LogP) is 1.08. The number of Topliss-reactive ketones (excluding diaryl/α,β-unsaturated/α-hetero) is 1. The van der Waals surface area contributed by atoms with Crippen LogP contribution in [0.15, 0.2) is 72.8 Å². The summed E-state index contributed by atoms with van der Waals surface area (Å²) in [4.78, 5) is 169. The summed E-state index contributed by atoms with van der Waals surface area (Å²) < 4.78 is 23.6. The second-order valence-electron chi connectivity index (χ2n) is 26.6. The highest BCUT2D eigenvalue weighted by Gasteiger charge is 2.44. The first-order valence-electron chi connectivity index (χ1n) is 34.4. The monoisotopic (exact) mass is 1390 g/mol. The maximum absolute atomic E-state index is 14.9. The Hall–Kier alpha value is -8.02. The number of carbonyl (C=O) groups excluding carboxylic acids is 12. The van der Waals surface area contributed by atoms with Crippen LogP contribution in [-0.4, -0.2) is 256 Å². The van der Waals surface area contributed by atoms with E-state index in [0.29, 0.717) is 56.4 Å². The largest absolute Gasteiger partial charge is 0.386 e. The van der Waals surface area contributed by atoms with Gasteiger partial charge in [-0.1, -0.05) is 116 Å². The number of carbonyl (C=O) groups is 12. The fraction of sp³-hybridized carbons (Fsp3) is 0.634.